The van der Waals surface area contributed by atoms with Crippen molar-refractivity contribution in [3.05, 3.63) is 0 Å². The number of nitrogens with zero attached hydrogens (tertiary/aromatic N) is 1. The number of amides is 1. The third-order valence-electron chi connectivity index (χ3n) is 3.94. The maximum Gasteiger partial charge on any atom is 0.220 e. The SMILES string of the molecule is CCCCCCC(=O)NC1(C(N)=NO)CCCCC1. The van der Waals surface area contributed by atoms with Gasteiger partial charge in [0.15, 0.2) is 5.84 Å². The van der Waals surface area contributed by atoms with Crippen LogP contribution in [0.25, 0.3) is 0 Å². The number of nitrogens with one attached hydrogen (secondary N) is 1. The molecule has 0 aromatic rings. The van der Waals surface area contributed by atoms with E-state index in [1.54, 1.807) is 0 Å². The zero-order valence-electron chi connectivity index (χ0n) is 12.0. The quantitative estimate of drug-likeness (QED) is 0.218. The summed E-state index contributed by atoms with van der Waals surface area (Å²) in [7, 11) is 0. The van der Waals surface area contributed by atoms with Gasteiger partial charge in [-0.2, -0.15) is 0 Å². The van der Waals surface area contributed by atoms with E-state index < -0.39 is 5.54 Å². The number of unbranched alkanes of at least 4 members (excludes halogenated alkanes) is 3. The van der Waals surface area contributed by atoms with Gasteiger partial charge in [-0.25, -0.2) is 0 Å². The lowest BCUT2D eigenvalue weighted by Crippen LogP contribution is -2.58. The molecule has 0 atom stereocenters. The maximum absolute atomic E-state index is 12.0. The summed E-state index contributed by atoms with van der Waals surface area (Å²) in [5.74, 6) is 0.165. The molecule has 0 radical (unpaired) electrons. The topological polar surface area (TPSA) is 87.7 Å². The van der Waals surface area contributed by atoms with Crippen molar-refractivity contribution < 1.29 is 10.0 Å². The Labute approximate surface area is 115 Å². The number of amidine groups is 1. The summed E-state index contributed by atoms with van der Waals surface area (Å²) in [6.07, 6.45) is 9.54. The average molecular weight is 269 g/mol. The second-order valence-corrected chi connectivity index (χ2v) is 5.49. The highest BCUT2D eigenvalue weighted by molar-refractivity contribution is 5.94. The lowest BCUT2D eigenvalue weighted by Gasteiger charge is -2.36. The van der Waals surface area contributed by atoms with Crippen LogP contribution in [0.1, 0.15) is 71.1 Å². The van der Waals surface area contributed by atoms with E-state index in [4.69, 9.17) is 10.9 Å². The van der Waals surface area contributed by atoms with Crippen LogP contribution < -0.4 is 11.1 Å². The second-order valence-electron chi connectivity index (χ2n) is 5.49. The predicted molar refractivity (Wildman–Crippen MR) is 76.1 cm³/mol. The Morgan fingerprint density at radius 3 is 2.53 bits per heavy atom. The van der Waals surface area contributed by atoms with Crippen LogP contribution in [0.15, 0.2) is 5.16 Å². The van der Waals surface area contributed by atoms with Crippen molar-refractivity contribution in [3.63, 3.8) is 0 Å². The zero-order chi connectivity index (χ0) is 14.1. The minimum absolute atomic E-state index is 0.0182. The molecule has 0 aliphatic heterocycles. The van der Waals surface area contributed by atoms with Crippen LogP contribution in [0, 0.1) is 0 Å². The monoisotopic (exact) mass is 269 g/mol. The Morgan fingerprint density at radius 1 is 1.26 bits per heavy atom. The van der Waals surface area contributed by atoms with Crippen molar-refractivity contribution in [1.29, 1.82) is 0 Å². The smallest absolute Gasteiger partial charge is 0.220 e. The Morgan fingerprint density at radius 2 is 1.95 bits per heavy atom. The minimum atomic E-state index is -0.616. The van der Waals surface area contributed by atoms with Crippen molar-refractivity contribution >= 4 is 11.7 Å². The summed E-state index contributed by atoms with van der Waals surface area (Å²) < 4.78 is 0. The molecular weight excluding hydrogens is 242 g/mol. The minimum Gasteiger partial charge on any atom is -0.409 e. The van der Waals surface area contributed by atoms with Gasteiger partial charge in [-0.15, -0.1) is 0 Å². The first-order chi connectivity index (χ1) is 9.14. The van der Waals surface area contributed by atoms with Gasteiger partial charge in [-0.05, 0) is 19.3 Å². The molecule has 1 aliphatic rings. The van der Waals surface area contributed by atoms with Crippen LogP contribution in [0.5, 0.6) is 0 Å². The van der Waals surface area contributed by atoms with Crippen LogP contribution in [0.4, 0.5) is 0 Å². The molecule has 5 nitrogen and oxygen atoms in total. The first-order valence-electron chi connectivity index (χ1n) is 7.43. The molecule has 0 spiro atoms. The second kappa shape index (κ2) is 8.02. The molecule has 1 aliphatic carbocycles. The maximum atomic E-state index is 12.0. The highest BCUT2D eigenvalue weighted by Crippen LogP contribution is 2.28. The average Bonchev–Trinajstić information content (AvgIpc) is 2.43. The highest BCUT2D eigenvalue weighted by atomic mass is 16.4. The number of hydrogen-bond acceptors (Lipinski definition) is 3. The van der Waals surface area contributed by atoms with Crippen molar-refractivity contribution in [3.8, 4) is 0 Å². The number of hydrogen-bond donors (Lipinski definition) is 3. The summed E-state index contributed by atoms with van der Waals surface area (Å²) >= 11 is 0. The molecule has 19 heavy (non-hydrogen) atoms. The van der Waals surface area contributed by atoms with Crippen LogP contribution in [0.2, 0.25) is 0 Å². The molecule has 0 heterocycles. The van der Waals surface area contributed by atoms with Gasteiger partial charge in [-0.1, -0.05) is 50.6 Å². The Kier molecular flexibility index (Phi) is 6.67. The summed E-state index contributed by atoms with van der Waals surface area (Å²) in [5, 5.41) is 15.1. The summed E-state index contributed by atoms with van der Waals surface area (Å²) in [5.41, 5.74) is 5.18. The van der Waals surface area contributed by atoms with Crippen molar-refractivity contribution in [2.45, 2.75) is 76.7 Å². The van der Waals surface area contributed by atoms with Gasteiger partial charge >= 0.3 is 0 Å². The third-order valence-corrected chi connectivity index (χ3v) is 3.94. The van der Waals surface area contributed by atoms with Crippen molar-refractivity contribution in [1.82, 2.24) is 5.32 Å². The van der Waals surface area contributed by atoms with E-state index in [1.807, 2.05) is 0 Å². The van der Waals surface area contributed by atoms with E-state index in [0.717, 1.165) is 51.4 Å². The van der Waals surface area contributed by atoms with Crippen LogP contribution in [-0.2, 0) is 4.79 Å². The van der Waals surface area contributed by atoms with Gasteiger partial charge in [0.05, 0.1) is 0 Å². The van der Waals surface area contributed by atoms with Gasteiger partial charge < -0.3 is 16.3 Å². The van der Waals surface area contributed by atoms with Gasteiger partial charge in [0, 0.05) is 6.42 Å². The lowest BCUT2D eigenvalue weighted by atomic mass is 9.80. The highest BCUT2D eigenvalue weighted by Gasteiger charge is 2.37. The summed E-state index contributed by atoms with van der Waals surface area (Å²) in [4.78, 5) is 12.0. The first kappa shape index (κ1) is 15.8. The third kappa shape index (κ3) is 4.73. The first-order valence-corrected chi connectivity index (χ1v) is 7.43. The van der Waals surface area contributed by atoms with E-state index in [2.05, 4.69) is 17.4 Å². The largest absolute Gasteiger partial charge is 0.409 e. The van der Waals surface area contributed by atoms with Gasteiger partial charge in [0.1, 0.15) is 5.54 Å². The number of carbonyl (C=O) groups is 1. The molecule has 1 rings (SSSR count). The normalized spacial score (nSPS) is 19.1. The van der Waals surface area contributed by atoms with E-state index >= 15 is 0 Å². The number of nitrogens with two attached hydrogens (primary N) is 1. The fourth-order valence-electron chi connectivity index (χ4n) is 2.74. The van der Waals surface area contributed by atoms with Gasteiger partial charge in [0.25, 0.3) is 0 Å². The molecule has 0 bridgehead atoms. The molecular formula is C14H27N3O2. The van der Waals surface area contributed by atoms with Crippen LogP contribution in [-0.4, -0.2) is 22.5 Å². The summed E-state index contributed by atoms with van der Waals surface area (Å²) in [6, 6.07) is 0. The van der Waals surface area contributed by atoms with E-state index in [1.165, 1.54) is 6.42 Å². The molecule has 0 aromatic heterocycles. The fraction of sp³-hybridized carbons (Fsp3) is 0.857. The van der Waals surface area contributed by atoms with Gasteiger partial charge in [0.2, 0.25) is 5.91 Å². The standard InChI is InChI=1S/C14H27N3O2/c1-2-3-4-6-9-12(18)16-14(13(15)17-19)10-7-5-8-11-14/h19H,2-11H2,1H3,(H2,15,17)(H,16,18). The summed E-state index contributed by atoms with van der Waals surface area (Å²) in [6.45, 7) is 2.15. The fourth-order valence-corrected chi connectivity index (χ4v) is 2.74. The van der Waals surface area contributed by atoms with E-state index in [0.29, 0.717) is 6.42 Å². The molecule has 1 fully saturated rings. The Bertz CT molecular complexity index is 310. The molecule has 110 valence electrons. The molecule has 1 amide bonds. The van der Waals surface area contributed by atoms with Crippen molar-refractivity contribution in [2.75, 3.05) is 0 Å². The Balaban J connectivity index is 2.50. The molecule has 1 saturated carbocycles. The molecule has 5 heteroatoms. The Hall–Kier alpha value is -1.26. The van der Waals surface area contributed by atoms with Crippen LogP contribution in [0.3, 0.4) is 0 Å². The van der Waals surface area contributed by atoms with Gasteiger partial charge in [-0.3, -0.25) is 4.79 Å². The zero-order valence-corrected chi connectivity index (χ0v) is 12.0. The number of rotatable bonds is 7. The molecule has 0 aromatic carbocycles. The number of carbonyl (C=O) groups excluding carboxylic acids is 1. The molecule has 4 N–H and O–H groups in total. The number of oxime groups is 1. The molecule has 0 saturated heterocycles. The molecule has 0 unspecified atom stereocenters. The van der Waals surface area contributed by atoms with Crippen molar-refractivity contribution in [2.24, 2.45) is 10.9 Å². The lowest BCUT2D eigenvalue weighted by molar-refractivity contribution is -0.122. The van der Waals surface area contributed by atoms with E-state index in [9.17, 15) is 4.79 Å². The van der Waals surface area contributed by atoms with E-state index in [-0.39, 0.29) is 11.7 Å². The predicted octanol–water partition coefficient (Wildman–Crippen LogP) is 2.52. The van der Waals surface area contributed by atoms with Crippen LogP contribution >= 0.6 is 0 Å².